The van der Waals surface area contributed by atoms with Gasteiger partial charge in [-0.25, -0.2) is 9.59 Å². The number of epoxide rings is 1. The lowest BCUT2D eigenvalue weighted by molar-refractivity contribution is -0.162. The van der Waals surface area contributed by atoms with Gasteiger partial charge in [-0.15, -0.1) is 0 Å². The highest BCUT2D eigenvalue weighted by molar-refractivity contribution is 7.99. The molecule has 2 fully saturated rings. The first kappa shape index (κ1) is 48.9. The van der Waals surface area contributed by atoms with E-state index in [1.807, 2.05) is 26.0 Å². The molecule has 0 unspecified atom stereocenters. The number of nitrogens with zero attached hydrogens (tertiary/aromatic N) is 2. The number of carbonyl (C=O) groups excluding carboxylic acids is 4. The Morgan fingerprint density at radius 1 is 1.16 bits per heavy atom. The van der Waals surface area contributed by atoms with Crippen LogP contribution in [0.25, 0.3) is 0 Å². The largest absolute Gasteiger partial charge is 0.495 e. The van der Waals surface area contributed by atoms with Crippen LogP contribution in [-0.4, -0.2) is 109 Å². The number of fused-ring (bicyclic) bond motifs is 5. The Bertz CT molecular complexity index is 2030. The smallest absolute Gasteiger partial charge is 0.409 e. The molecule has 3 aliphatic rings. The number of hydrogen-bond acceptors (Lipinski definition) is 11. The molecule has 15 heteroatoms. The third kappa shape index (κ3) is 11.5. The summed E-state index contributed by atoms with van der Waals surface area (Å²) in [5, 5.41) is 14.6. The van der Waals surface area contributed by atoms with Crippen molar-refractivity contribution in [2.45, 2.75) is 139 Å². The number of methoxy groups -OCH3 is 2. The minimum Gasteiger partial charge on any atom is -0.495 e. The van der Waals surface area contributed by atoms with Crippen LogP contribution in [0.1, 0.15) is 90.8 Å². The number of allylic oxidation sites excluding steroid dienone is 3. The van der Waals surface area contributed by atoms with E-state index in [1.165, 1.54) is 35.1 Å². The van der Waals surface area contributed by atoms with Crippen LogP contribution in [0.15, 0.2) is 60.2 Å². The van der Waals surface area contributed by atoms with Gasteiger partial charge in [0.15, 0.2) is 5.72 Å². The number of carbonyl (C=O) groups is 4. The SMILES string of the molecule is CCc1ccc(CSC(C)(C)CCC(=O)N(C)[C@@H](C)C(=O)O[C@H]2CC(=O)N(C)c3cc(cc(OC)c3Cl)C/C(C)=C/C=C/[C@@H](OC)[C@@]3(O)C[C@H](OC(=O)N3)[C@@H](C)[C@@H]3O[C@@]23C)cc1. The molecule has 0 aliphatic carbocycles. The summed E-state index contributed by atoms with van der Waals surface area (Å²) in [7, 11) is 6.10. The summed E-state index contributed by atoms with van der Waals surface area (Å²) in [6.45, 7) is 13.4. The molecule has 0 spiro atoms. The molecule has 0 aromatic heterocycles. The second-order valence-corrected chi connectivity index (χ2v) is 19.7. The van der Waals surface area contributed by atoms with E-state index < -0.39 is 65.7 Å². The number of hydrogen-bond donors (Lipinski definition) is 2. The number of likely N-dealkylation sites (N-methyl/N-ethyl adjacent to an activating group) is 1. The number of thioether (sulfide) groups is 1. The van der Waals surface area contributed by atoms with Crippen LogP contribution in [-0.2, 0) is 51.9 Å². The molecule has 2 aromatic rings. The number of ether oxygens (including phenoxy) is 5. The first-order chi connectivity index (χ1) is 29.1. The van der Waals surface area contributed by atoms with Crippen molar-refractivity contribution >= 4 is 52.9 Å². The van der Waals surface area contributed by atoms with Gasteiger partial charge < -0.3 is 38.6 Å². The van der Waals surface area contributed by atoms with E-state index in [9.17, 15) is 24.3 Å². The molecule has 2 N–H and O–H groups in total. The molecular weight excluding hydrogens is 834 g/mol. The lowest BCUT2D eigenvalue weighted by Gasteiger charge is -2.42. The Morgan fingerprint density at radius 3 is 2.48 bits per heavy atom. The number of rotatable bonds is 12. The van der Waals surface area contributed by atoms with E-state index in [-0.39, 0.29) is 34.9 Å². The molecule has 62 heavy (non-hydrogen) atoms. The molecule has 2 aromatic carbocycles. The van der Waals surface area contributed by atoms with Crippen LogP contribution in [0, 0.1) is 5.92 Å². The van der Waals surface area contributed by atoms with Gasteiger partial charge in [0.05, 0.1) is 25.3 Å². The summed E-state index contributed by atoms with van der Waals surface area (Å²) in [6, 6.07) is 11.2. The number of anilines is 1. The minimum atomic E-state index is -1.83. The van der Waals surface area contributed by atoms with E-state index in [0.29, 0.717) is 24.3 Å². The first-order valence-corrected chi connectivity index (χ1v) is 22.6. The van der Waals surface area contributed by atoms with Crippen molar-refractivity contribution < 1.29 is 48.0 Å². The van der Waals surface area contributed by atoms with Crippen LogP contribution >= 0.6 is 23.4 Å². The van der Waals surface area contributed by atoms with Crippen molar-refractivity contribution in [2.24, 2.45) is 5.92 Å². The summed E-state index contributed by atoms with van der Waals surface area (Å²) < 4.78 is 29.3. The van der Waals surface area contributed by atoms with Crippen LogP contribution in [0.5, 0.6) is 5.75 Å². The Hall–Kier alpha value is -4.08. The predicted molar refractivity (Wildman–Crippen MR) is 241 cm³/mol. The first-order valence-electron chi connectivity index (χ1n) is 21.2. The van der Waals surface area contributed by atoms with Crippen molar-refractivity contribution in [3.8, 4) is 5.75 Å². The van der Waals surface area contributed by atoms with Gasteiger partial charge in [-0.05, 0) is 68.9 Å². The van der Waals surface area contributed by atoms with Crippen LogP contribution in [0.2, 0.25) is 5.02 Å². The number of halogens is 1. The molecule has 2 saturated heterocycles. The van der Waals surface area contributed by atoms with Gasteiger partial charge in [0.25, 0.3) is 0 Å². The van der Waals surface area contributed by atoms with E-state index >= 15 is 0 Å². The molecule has 13 nitrogen and oxygen atoms in total. The number of benzene rings is 2. The molecule has 8 atom stereocenters. The van der Waals surface area contributed by atoms with Crippen molar-refractivity contribution in [1.82, 2.24) is 10.2 Å². The third-order valence-electron chi connectivity index (χ3n) is 12.5. The number of aliphatic hydroxyl groups is 1. The molecule has 0 saturated carbocycles. The van der Waals surface area contributed by atoms with Gasteiger partial charge in [-0.3, -0.25) is 14.9 Å². The number of aryl methyl sites for hydroxylation is 1. The Morgan fingerprint density at radius 2 is 1.84 bits per heavy atom. The van der Waals surface area contributed by atoms with E-state index in [1.54, 1.807) is 57.9 Å². The highest BCUT2D eigenvalue weighted by Crippen LogP contribution is 2.49. The summed E-state index contributed by atoms with van der Waals surface area (Å²) in [5.74, 6) is -0.709. The maximum Gasteiger partial charge on any atom is 0.409 e. The summed E-state index contributed by atoms with van der Waals surface area (Å²) in [5.41, 5.74) is 1.58. The Kier molecular flexibility index (Phi) is 15.9. The van der Waals surface area contributed by atoms with Crippen LogP contribution < -0.4 is 15.0 Å². The molecule has 3 aliphatic heterocycles. The average Bonchev–Trinajstić information content (AvgIpc) is 3.94. The lowest BCUT2D eigenvalue weighted by Crippen LogP contribution is -2.63. The standard InChI is InChI=1S/C47H64ClN3O10S/c1-12-31-16-18-32(19-17-31)27-62-45(5,6)21-20-39(52)50(8)30(4)43(54)60-38-25-40(53)51(9)34-23-33(24-35(57-10)41(34)48)22-28(2)14-13-15-37(58-11)47(56)26-36(59-44(55)49-47)29(3)42-46(38,7)61-42/h13-19,23-24,29-30,36-38,42,56H,12,20-22,25-27H2,1-11H3,(H,49,55)/b15-13+,28-14+/t29-,30+,36+,37-,38+,42+,46+,47+/m1/s1. The maximum atomic E-state index is 14.3. The molecule has 3 amide bonds. The topological polar surface area (TPSA) is 156 Å². The average molecular weight is 899 g/mol. The molecule has 4 bridgehead atoms. The van der Waals surface area contributed by atoms with Gasteiger partial charge in [-0.1, -0.05) is 87.4 Å². The fraction of sp³-hybridized carbons (Fsp3) is 0.574. The van der Waals surface area contributed by atoms with Crippen molar-refractivity contribution in [3.63, 3.8) is 0 Å². The number of alkyl carbamates (subject to hydrolysis) is 1. The van der Waals surface area contributed by atoms with Gasteiger partial charge in [0.1, 0.15) is 40.7 Å². The number of amides is 3. The van der Waals surface area contributed by atoms with Crippen molar-refractivity contribution in [3.05, 3.63) is 81.9 Å². The highest BCUT2D eigenvalue weighted by atomic mass is 35.5. The lowest BCUT2D eigenvalue weighted by atomic mass is 9.83. The van der Waals surface area contributed by atoms with Gasteiger partial charge in [0.2, 0.25) is 11.8 Å². The van der Waals surface area contributed by atoms with Crippen LogP contribution in [0.4, 0.5) is 10.5 Å². The van der Waals surface area contributed by atoms with E-state index in [0.717, 1.165) is 23.3 Å². The quantitative estimate of drug-likeness (QED) is 0.160. The fourth-order valence-electron chi connectivity index (χ4n) is 8.02. The van der Waals surface area contributed by atoms with Crippen molar-refractivity contribution in [1.29, 1.82) is 0 Å². The monoisotopic (exact) mass is 897 g/mol. The normalized spacial score (nSPS) is 28.6. The fourth-order valence-corrected chi connectivity index (χ4v) is 9.33. The Balaban J connectivity index is 1.39. The van der Waals surface area contributed by atoms with Gasteiger partial charge in [-0.2, -0.15) is 11.8 Å². The van der Waals surface area contributed by atoms with Crippen LogP contribution in [0.3, 0.4) is 0 Å². The second kappa shape index (κ2) is 20.2. The molecular formula is C47H64ClN3O10S. The van der Waals surface area contributed by atoms with E-state index in [4.69, 9.17) is 35.3 Å². The van der Waals surface area contributed by atoms with E-state index in [2.05, 4.69) is 50.4 Å². The van der Waals surface area contributed by atoms with Crippen molar-refractivity contribution in [2.75, 3.05) is 33.2 Å². The zero-order chi connectivity index (χ0) is 45.7. The maximum absolute atomic E-state index is 14.3. The summed E-state index contributed by atoms with van der Waals surface area (Å²) in [6.07, 6.45) is 2.72. The highest BCUT2D eigenvalue weighted by Gasteiger charge is 2.64. The Labute approximate surface area is 375 Å². The number of nitrogens with one attached hydrogen (secondary N) is 1. The zero-order valence-electron chi connectivity index (χ0n) is 37.9. The molecule has 0 radical (unpaired) electrons. The molecule has 3 heterocycles. The third-order valence-corrected chi connectivity index (χ3v) is 14.4. The predicted octanol–water partition coefficient (Wildman–Crippen LogP) is 7.57. The van der Waals surface area contributed by atoms with Gasteiger partial charge >= 0.3 is 12.1 Å². The zero-order valence-corrected chi connectivity index (χ0v) is 39.5. The summed E-state index contributed by atoms with van der Waals surface area (Å²) in [4.78, 5) is 57.7. The van der Waals surface area contributed by atoms with Gasteiger partial charge in [0, 0.05) is 50.5 Å². The second-order valence-electron chi connectivity index (χ2n) is 17.6. The minimum absolute atomic E-state index is 0.0526. The summed E-state index contributed by atoms with van der Waals surface area (Å²) >= 11 is 8.60. The molecule has 5 rings (SSSR count). The number of esters is 1. The molecule has 340 valence electrons.